The molecule has 0 aromatic heterocycles. The molecule has 2 N–H and O–H groups in total. The first kappa shape index (κ1) is 25.5. The van der Waals surface area contributed by atoms with Crippen molar-refractivity contribution in [3.05, 3.63) is 28.8 Å². The molecule has 0 atom stereocenters. The van der Waals surface area contributed by atoms with Gasteiger partial charge in [-0.15, -0.1) is 12.4 Å². The van der Waals surface area contributed by atoms with Crippen LogP contribution in [0.5, 0.6) is 0 Å². The molecular weight excluding hydrogens is 450 g/mol. The minimum absolute atomic E-state index is 0. The van der Waals surface area contributed by atoms with Gasteiger partial charge in [0.15, 0.2) is 5.84 Å². The number of rotatable bonds is 6. The van der Waals surface area contributed by atoms with E-state index in [1.807, 2.05) is 33.0 Å². The Morgan fingerprint density at radius 1 is 1.23 bits per heavy atom. The van der Waals surface area contributed by atoms with Gasteiger partial charge in [-0.25, -0.2) is 17.7 Å². The maximum Gasteiger partial charge on any atom is 0.301 e. The van der Waals surface area contributed by atoms with Gasteiger partial charge in [0.05, 0.1) is 5.75 Å². The molecule has 174 valence electrons. The quantitative estimate of drug-likeness (QED) is 0.657. The summed E-state index contributed by atoms with van der Waals surface area (Å²) < 4.78 is 54.1. The monoisotopic (exact) mass is 478 g/mol. The number of piperidine rings is 1. The zero-order valence-corrected chi connectivity index (χ0v) is 19.7. The lowest BCUT2D eigenvalue weighted by Crippen LogP contribution is -2.51. The van der Waals surface area contributed by atoms with Crippen molar-refractivity contribution in [2.24, 2.45) is 4.99 Å². The summed E-state index contributed by atoms with van der Waals surface area (Å²) in [4.78, 5) is 16.2. The second kappa shape index (κ2) is 8.99. The van der Waals surface area contributed by atoms with Crippen LogP contribution in [-0.2, 0) is 21.2 Å². The number of amides is 1. The zero-order chi connectivity index (χ0) is 22.3. The lowest BCUT2D eigenvalue weighted by molar-refractivity contribution is -0.125. The number of carbonyl (C=O) groups excluding carboxylic acids is 1. The predicted molar refractivity (Wildman–Crippen MR) is 120 cm³/mol. The molecule has 0 saturated carbocycles. The average Bonchev–Trinajstić information content (AvgIpc) is 2.97. The van der Waals surface area contributed by atoms with Crippen LogP contribution in [-0.4, -0.2) is 61.8 Å². The molecule has 1 fully saturated rings. The maximum atomic E-state index is 13.5. The Bertz CT molecular complexity index is 962. The number of nitrogens with one attached hydrogen (secondary N) is 2. The van der Waals surface area contributed by atoms with E-state index in [-0.39, 0.29) is 44.1 Å². The number of carbonyl (C=O) groups is 1. The van der Waals surface area contributed by atoms with Crippen LogP contribution in [0.4, 0.5) is 14.5 Å². The molecule has 7 nitrogen and oxygen atoms in total. The van der Waals surface area contributed by atoms with E-state index in [2.05, 4.69) is 15.6 Å². The number of benzene rings is 1. The summed E-state index contributed by atoms with van der Waals surface area (Å²) in [6, 6.07) is 3.97. The highest BCUT2D eigenvalue weighted by molar-refractivity contribution is 7.89. The molecule has 0 radical (unpaired) electrons. The smallest absolute Gasteiger partial charge is 0.301 e. The number of hydrogen-bond acceptors (Lipinski definition) is 5. The molecule has 0 unspecified atom stereocenters. The van der Waals surface area contributed by atoms with E-state index >= 15 is 0 Å². The molecule has 3 rings (SSSR count). The summed E-state index contributed by atoms with van der Waals surface area (Å²) in [6.45, 7) is 4.76. The molecule has 2 heterocycles. The van der Waals surface area contributed by atoms with Crippen molar-refractivity contribution >= 4 is 39.9 Å². The molecule has 0 aliphatic carbocycles. The fourth-order valence-corrected chi connectivity index (χ4v) is 5.55. The van der Waals surface area contributed by atoms with Gasteiger partial charge in [-0.05, 0) is 61.9 Å². The molecule has 1 spiro atoms. The molecule has 2 aliphatic heterocycles. The average molecular weight is 479 g/mol. The van der Waals surface area contributed by atoms with E-state index in [0.717, 1.165) is 22.4 Å². The van der Waals surface area contributed by atoms with Crippen molar-refractivity contribution in [2.45, 2.75) is 51.5 Å². The fraction of sp³-hybridized carbons (Fsp3) is 0.600. The highest BCUT2D eigenvalue weighted by Crippen LogP contribution is 2.33. The van der Waals surface area contributed by atoms with Crippen molar-refractivity contribution in [2.75, 3.05) is 31.2 Å². The second-order valence-electron chi connectivity index (χ2n) is 8.14. The SMILES string of the molecule is CNc1cc(C)c(CCS(=O)(=O)N2CCC3(CC2)N=C(C(C)(F)F)NC3=O)c(C)c1.Cl. The number of aliphatic imine (C=N–C) groups is 1. The third kappa shape index (κ3) is 5.18. The van der Waals surface area contributed by atoms with Crippen LogP contribution in [0.2, 0.25) is 0 Å². The lowest BCUT2D eigenvalue weighted by Gasteiger charge is -2.34. The van der Waals surface area contributed by atoms with Gasteiger partial charge < -0.3 is 10.6 Å². The van der Waals surface area contributed by atoms with Crippen LogP contribution >= 0.6 is 12.4 Å². The largest absolute Gasteiger partial charge is 0.388 e. The van der Waals surface area contributed by atoms with Gasteiger partial charge >= 0.3 is 5.92 Å². The lowest BCUT2D eigenvalue weighted by atomic mass is 9.89. The number of nitrogens with zero attached hydrogens (tertiary/aromatic N) is 2. The summed E-state index contributed by atoms with van der Waals surface area (Å²) in [6.07, 6.45) is 0.565. The second-order valence-corrected chi connectivity index (χ2v) is 10.2. The minimum atomic E-state index is -3.55. The number of alkyl halides is 2. The first-order valence-corrected chi connectivity index (χ1v) is 11.5. The highest BCUT2D eigenvalue weighted by atomic mass is 35.5. The topological polar surface area (TPSA) is 90.9 Å². The Hall–Kier alpha value is -1.78. The molecule has 1 amide bonds. The maximum absolute atomic E-state index is 13.5. The van der Waals surface area contributed by atoms with E-state index in [1.165, 1.54) is 4.31 Å². The first-order valence-electron chi connectivity index (χ1n) is 9.93. The van der Waals surface area contributed by atoms with Crippen LogP contribution in [0.3, 0.4) is 0 Å². The molecule has 2 aliphatic rings. The highest BCUT2D eigenvalue weighted by Gasteiger charge is 2.50. The Morgan fingerprint density at radius 3 is 2.23 bits per heavy atom. The molecule has 31 heavy (non-hydrogen) atoms. The molecule has 1 saturated heterocycles. The van der Waals surface area contributed by atoms with Gasteiger partial charge in [0.2, 0.25) is 10.0 Å². The fourth-order valence-electron chi connectivity index (χ4n) is 4.09. The summed E-state index contributed by atoms with van der Waals surface area (Å²) in [7, 11) is -1.71. The summed E-state index contributed by atoms with van der Waals surface area (Å²) in [5.41, 5.74) is 2.73. The van der Waals surface area contributed by atoms with E-state index in [1.54, 1.807) is 0 Å². The molecule has 1 aromatic carbocycles. The molecule has 0 bridgehead atoms. The predicted octanol–water partition coefficient (Wildman–Crippen LogP) is 2.66. The molecular formula is C20H29ClF2N4O3S. The van der Waals surface area contributed by atoms with Crippen molar-refractivity contribution in [3.8, 4) is 0 Å². The Balaban J connectivity index is 0.00000341. The van der Waals surface area contributed by atoms with Crippen molar-refractivity contribution < 1.29 is 22.0 Å². The number of anilines is 1. The van der Waals surface area contributed by atoms with E-state index < -0.39 is 33.2 Å². The van der Waals surface area contributed by atoms with Gasteiger partial charge in [0.1, 0.15) is 5.54 Å². The van der Waals surface area contributed by atoms with E-state index in [4.69, 9.17) is 0 Å². The van der Waals surface area contributed by atoms with E-state index in [0.29, 0.717) is 13.3 Å². The number of aryl methyl sites for hydroxylation is 2. The van der Waals surface area contributed by atoms with Crippen LogP contribution in [0, 0.1) is 13.8 Å². The molecule has 11 heteroatoms. The van der Waals surface area contributed by atoms with E-state index in [9.17, 15) is 22.0 Å². The van der Waals surface area contributed by atoms with Crippen LogP contribution in [0.15, 0.2) is 17.1 Å². The van der Waals surface area contributed by atoms with Crippen LogP contribution in [0.25, 0.3) is 0 Å². The van der Waals surface area contributed by atoms with Gasteiger partial charge in [-0.3, -0.25) is 4.79 Å². The third-order valence-corrected chi connectivity index (χ3v) is 7.81. The standard InChI is InChI=1S/C20H28F2N4O3S.ClH/c1-13-11-15(23-4)12-14(2)16(13)5-10-30(28,29)26-8-6-20(7-9-26)18(27)24-17(25-20)19(3,21)22;/h11-12,23H,5-10H2,1-4H3,(H,24,25,27);1H. The van der Waals surface area contributed by atoms with Gasteiger partial charge in [-0.1, -0.05) is 0 Å². The van der Waals surface area contributed by atoms with Crippen molar-refractivity contribution in [1.29, 1.82) is 0 Å². The Kier molecular flexibility index (Phi) is 7.39. The number of hydrogen-bond donors (Lipinski definition) is 2. The number of sulfonamides is 1. The number of amidine groups is 1. The normalized spacial score (nSPS) is 19.0. The van der Waals surface area contributed by atoms with Crippen molar-refractivity contribution in [3.63, 3.8) is 0 Å². The first-order chi connectivity index (χ1) is 13.9. The Morgan fingerprint density at radius 2 is 1.77 bits per heavy atom. The summed E-state index contributed by atoms with van der Waals surface area (Å²) in [5.74, 6) is -4.50. The number of halogens is 3. The third-order valence-electron chi connectivity index (χ3n) is 5.93. The van der Waals surface area contributed by atoms with Crippen LogP contribution in [0.1, 0.15) is 36.5 Å². The Labute approximate surface area is 188 Å². The van der Waals surface area contributed by atoms with Gasteiger partial charge in [-0.2, -0.15) is 8.78 Å². The molecule has 1 aromatic rings. The zero-order valence-electron chi connectivity index (χ0n) is 18.1. The van der Waals surface area contributed by atoms with Crippen molar-refractivity contribution in [1.82, 2.24) is 9.62 Å². The summed E-state index contributed by atoms with van der Waals surface area (Å²) in [5, 5.41) is 5.25. The summed E-state index contributed by atoms with van der Waals surface area (Å²) >= 11 is 0. The minimum Gasteiger partial charge on any atom is -0.388 e. The van der Waals surface area contributed by atoms with Gasteiger partial charge in [0, 0.05) is 32.7 Å². The van der Waals surface area contributed by atoms with Crippen LogP contribution < -0.4 is 10.6 Å². The van der Waals surface area contributed by atoms with Gasteiger partial charge in [0.25, 0.3) is 5.91 Å².